The normalized spacial score (nSPS) is 11.4. The molecular weight excluding hydrogens is 262 g/mol. The lowest BCUT2D eigenvalue weighted by Gasteiger charge is -2.20. The molecule has 0 radical (unpaired) electrons. The Hall–Kier alpha value is -2.01. The smallest absolute Gasteiger partial charge is 0.151 e. The van der Waals surface area contributed by atoms with Crippen molar-refractivity contribution in [2.75, 3.05) is 11.9 Å². The highest BCUT2D eigenvalue weighted by Crippen LogP contribution is 2.11. The lowest BCUT2D eigenvalue weighted by atomic mass is 10.1. The lowest BCUT2D eigenvalue weighted by molar-refractivity contribution is 0.420. The van der Waals surface area contributed by atoms with Crippen LogP contribution in [0.25, 0.3) is 0 Å². The van der Waals surface area contributed by atoms with Gasteiger partial charge in [0.05, 0.1) is 5.69 Å². The Bertz CT molecular complexity index is 545. The van der Waals surface area contributed by atoms with Crippen LogP contribution in [0.3, 0.4) is 0 Å². The molecular formula is C16H23N5. The molecule has 2 aromatic rings. The molecule has 0 saturated heterocycles. The number of nitrogens with zero attached hydrogens (tertiary/aromatic N) is 4. The first-order valence-electron chi connectivity index (χ1n) is 7.12. The summed E-state index contributed by atoms with van der Waals surface area (Å²) in [6, 6.07) is 8.01. The number of pyridine rings is 1. The molecule has 5 nitrogen and oxygen atoms in total. The third kappa shape index (κ3) is 5.11. The number of nitrogens with one attached hydrogen (secondary N) is 1. The van der Waals surface area contributed by atoms with E-state index in [9.17, 15) is 0 Å². The summed E-state index contributed by atoms with van der Waals surface area (Å²) in [5, 5.41) is 12.0. The molecule has 0 fully saturated rings. The van der Waals surface area contributed by atoms with Gasteiger partial charge in [0.25, 0.3) is 0 Å². The highest BCUT2D eigenvalue weighted by molar-refractivity contribution is 5.37. The third-order valence-electron chi connectivity index (χ3n) is 3.04. The summed E-state index contributed by atoms with van der Waals surface area (Å²) in [6.45, 7) is 7.90. The molecule has 0 bridgehead atoms. The van der Waals surface area contributed by atoms with E-state index in [0.29, 0.717) is 0 Å². The zero-order valence-electron chi connectivity index (χ0n) is 13.2. The summed E-state index contributed by atoms with van der Waals surface area (Å²) >= 11 is 0. The van der Waals surface area contributed by atoms with Crippen LogP contribution in [0.15, 0.2) is 36.7 Å². The van der Waals surface area contributed by atoms with Gasteiger partial charge in [0.2, 0.25) is 0 Å². The molecule has 0 aromatic carbocycles. The molecule has 0 unspecified atom stereocenters. The standard InChI is InChI=1S/C16H23N5/c1-16(2,3)18-11-14-7-8-15(20-19-14)21(4)12-13-6-5-9-17-10-13/h5-10,18H,11-12H2,1-4H3. The second kappa shape index (κ2) is 6.63. The second-order valence-corrected chi connectivity index (χ2v) is 6.20. The summed E-state index contributed by atoms with van der Waals surface area (Å²) in [6.07, 6.45) is 3.64. The van der Waals surface area contributed by atoms with Crippen molar-refractivity contribution in [2.45, 2.75) is 39.4 Å². The van der Waals surface area contributed by atoms with Crippen molar-refractivity contribution < 1.29 is 0 Å². The molecule has 0 saturated carbocycles. The average Bonchev–Trinajstić information content (AvgIpc) is 2.46. The van der Waals surface area contributed by atoms with E-state index < -0.39 is 0 Å². The molecule has 21 heavy (non-hydrogen) atoms. The fraction of sp³-hybridized carbons (Fsp3) is 0.438. The Morgan fingerprint density at radius 1 is 1.14 bits per heavy atom. The van der Waals surface area contributed by atoms with Crippen LogP contribution in [-0.4, -0.2) is 27.8 Å². The topological polar surface area (TPSA) is 53.9 Å². The molecule has 112 valence electrons. The molecule has 0 atom stereocenters. The van der Waals surface area contributed by atoms with Crippen molar-refractivity contribution in [2.24, 2.45) is 0 Å². The first kappa shape index (κ1) is 15.4. The zero-order chi connectivity index (χ0) is 15.3. The summed E-state index contributed by atoms with van der Waals surface area (Å²) < 4.78 is 0. The summed E-state index contributed by atoms with van der Waals surface area (Å²) in [7, 11) is 2.00. The van der Waals surface area contributed by atoms with E-state index in [-0.39, 0.29) is 5.54 Å². The van der Waals surface area contributed by atoms with Crippen LogP contribution in [0.1, 0.15) is 32.0 Å². The predicted octanol–water partition coefficient (Wildman–Crippen LogP) is 2.40. The molecule has 5 heteroatoms. The maximum Gasteiger partial charge on any atom is 0.151 e. The van der Waals surface area contributed by atoms with Gasteiger partial charge < -0.3 is 10.2 Å². The monoisotopic (exact) mass is 285 g/mol. The first-order chi connectivity index (χ1) is 9.94. The minimum Gasteiger partial charge on any atom is -0.354 e. The van der Waals surface area contributed by atoms with Crippen molar-refractivity contribution in [1.29, 1.82) is 0 Å². The van der Waals surface area contributed by atoms with Crippen LogP contribution in [0.2, 0.25) is 0 Å². The van der Waals surface area contributed by atoms with E-state index in [1.54, 1.807) is 6.20 Å². The summed E-state index contributed by atoms with van der Waals surface area (Å²) in [5.74, 6) is 0.860. The minimum absolute atomic E-state index is 0.0808. The predicted molar refractivity (Wildman–Crippen MR) is 85.0 cm³/mol. The van der Waals surface area contributed by atoms with Crippen LogP contribution < -0.4 is 10.2 Å². The Morgan fingerprint density at radius 3 is 2.52 bits per heavy atom. The van der Waals surface area contributed by atoms with Gasteiger partial charge in [-0.1, -0.05) is 6.07 Å². The lowest BCUT2D eigenvalue weighted by Crippen LogP contribution is -2.35. The second-order valence-electron chi connectivity index (χ2n) is 6.20. The third-order valence-corrected chi connectivity index (χ3v) is 3.04. The molecule has 0 amide bonds. The van der Waals surface area contributed by atoms with Crippen LogP contribution in [0, 0.1) is 0 Å². The SMILES string of the molecule is CN(Cc1cccnc1)c1ccc(CNC(C)(C)C)nn1. The number of rotatable bonds is 5. The van der Waals surface area contributed by atoms with Crippen molar-refractivity contribution in [3.63, 3.8) is 0 Å². The van der Waals surface area contributed by atoms with Gasteiger partial charge in [0.1, 0.15) is 0 Å². The van der Waals surface area contributed by atoms with Crippen LogP contribution >= 0.6 is 0 Å². The Kier molecular flexibility index (Phi) is 4.85. The highest BCUT2D eigenvalue weighted by Gasteiger charge is 2.10. The first-order valence-corrected chi connectivity index (χ1v) is 7.12. The fourth-order valence-corrected chi connectivity index (χ4v) is 1.85. The molecule has 2 rings (SSSR count). The fourth-order valence-electron chi connectivity index (χ4n) is 1.85. The van der Waals surface area contributed by atoms with Gasteiger partial charge in [-0.25, -0.2) is 0 Å². The van der Waals surface area contributed by atoms with Gasteiger partial charge >= 0.3 is 0 Å². The quantitative estimate of drug-likeness (QED) is 0.914. The molecule has 2 aromatic heterocycles. The molecule has 0 aliphatic rings. The molecule has 0 spiro atoms. The Balaban J connectivity index is 1.95. The number of aromatic nitrogens is 3. The van der Waals surface area contributed by atoms with E-state index in [1.807, 2.05) is 31.4 Å². The van der Waals surface area contributed by atoms with Gasteiger partial charge in [0.15, 0.2) is 5.82 Å². The van der Waals surface area contributed by atoms with Crippen molar-refractivity contribution >= 4 is 5.82 Å². The Labute approximate surface area is 126 Å². The van der Waals surface area contributed by atoms with Crippen molar-refractivity contribution in [1.82, 2.24) is 20.5 Å². The minimum atomic E-state index is 0.0808. The van der Waals surface area contributed by atoms with Crippen LogP contribution in [0.4, 0.5) is 5.82 Å². The summed E-state index contributed by atoms with van der Waals surface area (Å²) in [5.41, 5.74) is 2.18. The van der Waals surface area contributed by atoms with Crippen molar-refractivity contribution in [3.05, 3.63) is 47.9 Å². The molecule has 2 heterocycles. The highest BCUT2D eigenvalue weighted by atomic mass is 15.2. The molecule has 0 aliphatic carbocycles. The number of hydrogen-bond donors (Lipinski definition) is 1. The molecule has 1 N–H and O–H groups in total. The average molecular weight is 285 g/mol. The summed E-state index contributed by atoms with van der Waals surface area (Å²) in [4.78, 5) is 6.18. The maximum absolute atomic E-state index is 4.29. The largest absolute Gasteiger partial charge is 0.354 e. The van der Waals surface area contributed by atoms with Gasteiger partial charge in [-0.3, -0.25) is 4.98 Å². The van der Waals surface area contributed by atoms with Gasteiger partial charge in [-0.15, -0.1) is 5.10 Å². The number of hydrogen-bond acceptors (Lipinski definition) is 5. The van der Waals surface area contributed by atoms with E-state index >= 15 is 0 Å². The van der Waals surface area contributed by atoms with E-state index in [0.717, 1.165) is 30.2 Å². The Morgan fingerprint density at radius 2 is 1.95 bits per heavy atom. The maximum atomic E-state index is 4.29. The van der Waals surface area contributed by atoms with Crippen LogP contribution in [-0.2, 0) is 13.1 Å². The van der Waals surface area contributed by atoms with Crippen molar-refractivity contribution in [3.8, 4) is 0 Å². The molecule has 0 aliphatic heterocycles. The van der Waals surface area contributed by atoms with Crippen LogP contribution in [0.5, 0.6) is 0 Å². The van der Waals surface area contributed by atoms with E-state index in [4.69, 9.17) is 0 Å². The zero-order valence-corrected chi connectivity index (χ0v) is 13.2. The van der Waals surface area contributed by atoms with Gasteiger partial charge in [-0.2, -0.15) is 5.10 Å². The van der Waals surface area contributed by atoms with E-state index in [1.165, 1.54) is 0 Å². The number of anilines is 1. The van der Waals surface area contributed by atoms with E-state index in [2.05, 4.69) is 52.2 Å². The van der Waals surface area contributed by atoms with Gasteiger partial charge in [0, 0.05) is 38.1 Å². The van der Waals surface area contributed by atoms with Gasteiger partial charge in [-0.05, 0) is 44.5 Å².